The molecule has 1 aromatic carbocycles. The summed E-state index contributed by atoms with van der Waals surface area (Å²) < 4.78 is 0. The van der Waals surface area contributed by atoms with Gasteiger partial charge in [-0.3, -0.25) is 19.7 Å². The molecule has 7 heteroatoms. The number of carbonyl (C=O) groups is 2. The number of halogens is 1. The van der Waals surface area contributed by atoms with E-state index in [1.807, 2.05) is 0 Å². The van der Waals surface area contributed by atoms with Crippen molar-refractivity contribution in [2.45, 2.75) is 0 Å². The Morgan fingerprint density at radius 2 is 2.19 bits per heavy atom. The van der Waals surface area contributed by atoms with Gasteiger partial charge in [-0.05, 0) is 23.7 Å². The summed E-state index contributed by atoms with van der Waals surface area (Å²) in [6.45, 7) is 0. The van der Waals surface area contributed by atoms with Crippen molar-refractivity contribution in [2.75, 3.05) is 0 Å². The maximum absolute atomic E-state index is 10.9. The van der Waals surface area contributed by atoms with E-state index in [-0.39, 0.29) is 17.4 Å². The summed E-state index contributed by atoms with van der Waals surface area (Å²) in [6.07, 6.45) is 0.134. The molecule has 0 N–H and O–H groups in total. The van der Waals surface area contributed by atoms with Gasteiger partial charge >= 0.3 is 0 Å². The van der Waals surface area contributed by atoms with Gasteiger partial charge in [-0.25, -0.2) is 0 Å². The summed E-state index contributed by atoms with van der Waals surface area (Å²) in [5.41, 5.74) is -1.77. The van der Waals surface area contributed by atoms with Crippen molar-refractivity contribution in [3.63, 3.8) is 0 Å². The average molecular weight is 239 g/mol. The number of nitrogens with zero attached hydrogens (tertiary/aromatic N) is 2. The lowest BCUT2D eigenvalue weighted by Crippen LogP contribution is -2.04. The van der Waals surface area contributed by atoms with E-state index < -0.39 is 21.4 Å². The second kappa shape index (κ2) is 4.51. The number of hydrogen-bond acceptors (Lipinski definition) is 5. The van der Waals surface area contributed by atoms with E-state index in [2.05, 4.69) is 0 Å². The highest BCUT2D eigenvalue weighted by Gasteiger charge is 2.25. The molecule has 0 spiro atoms. The van der Waals surface area contributed by atoms with Crippen LogP contribution < -0.4 is 0 Å². The third-order valence-electron chi connectivity index (χ3n) is 1.85. The first kappa shape index (κ1) is 11.8. The van der Waals surface area contributed by atoms with Crippen molar-refractivity contribution < 1.29 is 14.5 Å². The SMILES string of the molecule is N#Cc1ccc(C(=O)Cl)c(C=O)c1[N+](=O)[O-]. The van der Waals surface area contributed by atoms with Crippen LogP contribution >= 0.6 is 11.6 Å². The summed E-state index contributed by atoms with van der Waals surface area (Å²) in [4.78, 5) is 31.4. The minimum Gasteiger partial charge on any atom is -0.298 e. The standard InChI is InChI=1S/C9H3ClN2O4/c10-9(14)6-2-1-5(3-11)8(12(15)16)7(6)4-13/h1-2,4H. The molecule has 16 heavy (non-hydrogen) atoms. The summed E-state index contributed by atoms with van der Waals surface area (Å²) >= 11 is 5.16. The molecule has 0 aliphatic carbocycles. The molecule has 0 aromatic heterocycles. The van der Waals surface area contributed by atoms with Crippen molar-refractivity contribution in [1.29, 1.82) is 5.26 Å². The van der Waals surface area contributed by atoms with E-state index in [9.17, 15) is 19.7 Å². The predicted molar refractivity (Wildman–Crippen MR) is 53.4 cm³/mol. The number of nitro benzene ring substituents is 1. The maximum atomic E-state index is 10.9. The van der Waals surface area contributed by atoms with Gasteiger partial charge in [-0.1, -0.05) is 0 Å². The third-order valence-corrected chi connectivity index (χ3v) is 2.05. The van der Waals surface area contributed by atoms with E-state index in [0.717, 1.165) is 12.1 Å². The van der Waals surface area contributed by atoms with Gasteiger partial charge in [-0.15, -0.1) is 0 Å². The summed E-state index contributed by atoms with van der Waals surface area (Å²) in [5.74, 6) is 0. The molecule has 1 aromatic rings. The van der Waals surface area contributed by atoms with E-state index in [0.29, 0.717) is 0 Å². The van der Waals surface area contributed by atoms with Crippen LogP contribution in [0, 0.1) is 21.4 Å². The zero-order valence-electron chi connectivity index (χ0n) is 7.64. The molecule has 80 valence electrons. The minimum atomic E-state index is -0.991. The Balaban J connectivity index is 3.71. The number of benzene rings is 1. The fraction of sp³-hybridized carbons (Fsp3) is 0. The Morgan fingerprint density at radius 1 is 1.56 bits per heavy atom. The Kier molecular flexibility index (Phi) is 3.33. The quantitative estimate of drug-likeness (QED) is 0.345. The Hall–Kier alpha value is -2.26. The number of aldehydes is 1. The maximum Gasteiger partial charge on any atom is 0.298 e. The number of nitriles is 1. The highest BCUT2D eigenvalue weighted by atomic mass is 35.5. The largest absolute Gasteiger partial charge is 0.298 e. The summed E-state index contributed by atoms with van der Waals surface area (Å²) in [7, 11) is 0. The lowest BCUT2D eigenvalue weighted by Gasteiger charge is -2.01. The molecule has 0 amide bonds. The first-order valence-electron chi connectivity index (χ1n) is 3.89. The first-order valence-corrected chi connectivity index (χ1v) is 4.27. The highest BCUT2D eigenvalue weighted by Crippen LogP contribution is 2.26. The summed E-state index contributed by atoms with van der Waals surface area (Å²) in [5, 5.41) is 18.3. The Bertz CT molecular complexity index is 533. The molecular weight excluding hydrogens is 236 g/mol. The van der Waals surface area contributed by atoms with Crippen molar-refractivity contribution in [3.05, 3.63) is 38.9 Å². The molecule has 0 saturated carbocycles. The van der Waals surface area contributed by atoms with Crippen LogP contribution in [0.5, 0.6) is 0 Å². The van der Waals surface area contributed by atoms with Crippen LogP contribution in [0.1, 0.15) is 26.3 Å². The number of carbonyl (C=O) groups excluding carboxylic acids is 2. The molecule has 0 unspecified atom stereocenters. The van der Waals surface area contributed by atoms with E-state index in [1.165, 1.54) is 0 Å². The second-order valence-electron chi connectivity index (χ2n) is 2.68. The molecule has 0 atom stereocenters. The van der Waals surface area contributed by atoms with Crippen molar-refractivity contribution in [1.82, 2.24) is 0 Å². The van der Waals surface area contributed by atoms with Gasteiger partial charge in [0.1, 0.15) is 17.2 Å². The molecule has 6 nitrogen and oxygen atoms in total. The van der Waals surface area contributed by atoms with Gasteiger partial charge in [0, 0.05) is 0 Å². The zero-order valence-corrected chi connectivity index (χ0v) is 8.39. The molecule has 0 heterocycles. The summed E-state index contributed by atoms with van der Waals surface area (Å²) in [6, 6.07) is 3.73. The monoisotopic (exact) mass is 238 g/mol. The van der Waals surface area contributed by atoms with Crippen molar-refractivity contribution in [2.24, 2.45) is 0 Å². The van der Waals surface area contributed by atoms with Crippen LogP contribution in [0.3, 0.4) is 0 Å². The van der Waals surface area contributed by atoms with Gasteiger partial charge in [0.05, 0.1) is 10.5 Å². The van der Waals surface area contributed by atoms with Crippen LogP contribution in [-0.4, -0.2) is 16.5 Å². The van der Waals surface area contributed by atoms with Crippen molar-refractivity contribution in [3.8, 4) is 6.07 Å². The van der Waals surface area contributed by atoms with E-state index >= 15 is 0 Å². The van der Waals surface area contributed by atoms with Crippen molar-refractivity contribution >= 4 is 28.8 Å². The van der Waals surface area contributed by atoms with E-state index in [1.54, 1.807) is 6.07 Å². The average Bonchev–Trinajstić information content (AvgIpc) is 2.26. The Labute approximate surface area is 94.2 Å². The van der Waals surface area contributed by atoms with Gasteiger partial charge < -0.3 is 0 Å². The lowest BCUT2D eigenvalue weighted by molar-refractivity contribution is -0.385. The highest BCUT2D eigenvalue weighted by molar-refractivity contribution is 6.68. The third kappa shape index (κ3) is 1.89. The van der Waals surface area contributed by atoms with Crippen LogP contribution in [0.25, 0.3) is 0 Å². The molecule has 0 fully saturated rings. The first-order chi connectivity index (χ1) is 7.52. The van der Waals surface area contributed by atoms with Crippen LogP contribution in [0.4, 0.5) is 5.69 Å². The molecule has 0 saturated heterocycles. The normalized spacial score (nSPS) is 9.25. The number of hydrogen-bond donors (Lipinski definition) is 0. The lowest BCUT2D eigenvalue weighted by atomic mass is 10.0. The zero-order chi connectivity index (χ0) is 12.3. The fourth-order valence-corrected chi connectivity index (χ4v) is 1.35. The Morgan fingerprint density at radius 3 is 2.56 bits per heavy atom. The molecular formula is C9H3ClN2O4. The van der Waals surface area contributed by atoms with Crippen LogP contribution in [0.15, 0.2) is 12.1 Å². The molecule has 0 aliphatic heterocycles. The second-order valence-corrected chi connectivity index (χ2v) is 3.03. The molecule has 0 aliphatic rings. The minimum absolute atomic E-state index is 0.134. The van der Waals surface area contributed by atoms with Crippen LogP contribution in [-0.2, 0) is 0 Å². The fourth-order valence-electron chi connectivity index (χ4n) is 1.19. The predicted octanol–water partition coefficient (Wildman–Crippen LogP) is 1.66. The molecule has 0 radical (unpaired) electrons. The number of rotatable bonds is 3. The topological polar surface area (TPSA) is 101 Å². The van der Waals surface area contributed by atoms with Crippen LogP contribution in [0.2, 0.25) is 0 Å². The van der Waals surface area contributed by atoms with Gasteiger partial charge in [0.25, 0.3) is 10.9 Å². The smallest absolute Gasteiger partial charge is 0.298 e. The van der Waals surface area contributed by atoms with Gasteiger partial charge in [0.15, 0.2) is 6.29 Å². The molecule has 0 bridgehead atoms. The number of nitro groups is 1. The van der Waals surface area contributed by atoms with E-state index in [4.69, 9.17) is 16.9 Å². The van der Waals surface area contributed by atoms with Gasteiger partial charge in [0.2, 0.25) is 0 Å². The molecule has 1 rings (SSSR count). The van der Waals surface area contributed by atoms with Gasteiger partial charge in [-0.2, -0.15) is 5.26 Å².